The van der Waals surface area contributed by atoms with Gasteiger partial charge < -0.3 is 10.6 Å². The fourth-order valence-corrected chi connectivity index (χ4v) is 2.76. The maximum Gasteiger partial charge on any atom is 0.272 e. The number of pyridine rings is 1. The van der Waals surface area contributed by atoms with Crippen molar-refractivity contribution >= 4 is 5.91 Å². The molecule has 0 saturated carbocycles. The molecule has 3 heterocycles. The summed E-state index contributed by atoms with van der Waals surface area (Å²) in [5.74, 6) is -0.0424. The number of nitrogens with zero attached hydrogens (tertiary/aromatic N) is 4. The molecule has 110 valence electrons. The minimum Gasteiger partial charge on any atom is -0.333 e. The van der Waals surface area contributed by atoms with Crippen LogP contribution in [0, 0.1) is 0 Å². The molecule has 6 heteroatoms. The summed E-state index contributed by atoms with van der Waals surface area (Å²) in [6.45, 7) is 1.26. The summed E-state index contributed by atoms with van der Waals surface area (Å²) in [6, 6.07) is 5.58. The van der Waals surface area contributed by atoms with E-state index in [1.54, 1.807) is 23.1 Å². The maximum atomic E-state index is 12.7. The first-order chi connectivity index (χ1) is 10.3. The van der Waals surface area contributed by atoms with Crippen molar-refractivity contribution < 1.29 is 4.79 Å². The zero-order valence-corrected chi connectivity index (χ0v) is 11.9. The first-order valence-corrected chi connectivity index (χ1v) is 7.26. The Labute approximate surface area is 123 Å². The molecule has 21 heavy (non-hydrogen) atoms. The van der Waals surface area contributed by atoms with Crippen LogP contribution in [-0.4, -0.2) is 44.7 Å². The van der Waals surface area contributed by atoms with E-state index in [2.05, 4.69) is 10.1 Å². The molecular weight excluding hydrogens is 266 g/mol. The highest BCUT2D eigenvalue weighted by molar-refractivity contribution is 5.93. The van der Waals surface area contributed by atoms with Gasteiger partial charge in [-0.05, 0) is 37.5 Å². The number of likely N-dealkylation sites (tertiary alicyclic amines) is 1. The van der Waals surface area contributed by atoms with E-state index in [0.29, 0.717) is 12.2 Å². The second-order valence-corrected chi connectivity index (χ2v) is 5.23. The lowest BCUT2D eigenvalue weighted by Gasteiger charge is -2.34. The number of hydrogen-bond acceptors (Lipinski definition) is 4. The molecule has 0 radical (unpaired) electrons. The molecule has 3 rings (SSSR count). The van der Waals surface area contributed by atoms with E-state index in [1.807, 2.05) is 23.2 Å². The van der Waals surface area contributed by atoms with Crippen LogP contribution in [-0.2, 0) is 0 Å². The van der Waals surface area contributed by atoms with E-state index in [4.69, 9.17) is 5.73 Å². The molecule has 2 aromatic heterocycles. The topological polar surface area (TPSA) is 77.0 Å². The van der Waals surface area contributed by atoms with Gasteiger partial charge >= 0.3 is 0 Å². The number of hydrogen-bond donors (Lipinski definition) is 1. The zero-order valence-electron chi connectivity index (χ0n) is 11.9. The van der Waals surface area contributed by atoms with Gasteiger partial charge in [-0.25, -0.2) is 4.68 Å². The molecule has 1 amide bonds. The van der Waals surface area contributed by atoms with Gasteiger partial charge in [0.15, 0.2) is 0 Å². The standard InChI is InChI=1S/C15H19N5O/c16-11-13-4-1-2-8-19(13)15(21)14-10-12(5-7-17-14)20-9-3-6-18-20/h3,5-7,9-10,13H,1-2,4,8,11,16H2. The Kier molecular flexibility index (Phi) is 3.96. The minimum absolute atomic E-state index is 0.0424. The van der Waals surface area contributed by atoms with Crippen molar-refractivity contribution in [3.05, 3.63) is 42.5 Å². The lowest BCUT2D eigenvalue weighted by Crippen LogP contribution is -2.47. The average Bonchev–Trinajstić information content (AvgIpc) is 3.09. The molecule has 1 saturated heterocycles. The normalized spacial score (nSPS) is 18.7. The van der Waals surface area contributed by atoms with Crippen molar-refractivity contribution in [3.63, 3.8) is 0 Å². The van der Waals surface area contributed by atoms with Crippen LogP contribution >= 0.6 is 0 Å². The number of amides is 1. The van der Waals surface area contributed by atoms with Crippen LogP contribution in [0.2, 0.25) is 0 Å². The third kappa shape index (κ3) is 2.80. The first-order valence-electron chi connectivity index (χ1n) is 7.26. The second kappa shape index (κ2) is 6.05. The third-order valence-electron chi connectivity index (χ3n) is 3.89. The Morgan fingerprint density at radius 2 is 2.29 bits per heavy atom. The van der Waals surface area contributed by atoms with Crippen molar-refractivity contribution in [1.82, 2.24) is 19.7 Å². The SMILES string of the molecule is NCC1CCCCN1C(=O)c1cc(-n2cccn2)ccn1. The van der Waals surface area contributed by atoms with Gasteiger partial charge in [-0.2, -0.15) is 5.10 Å². The van der Waals surface area contributed by atoms with Crippen molar-refractivity contribution in [1.29, 1.82) is 0 Å². The molecular formula is C15H19N5O. The summed E-state index contributed by atoms with van der Waals surface area (Å²) in [6.07, 6.45) is 8.32. The molecule has 1 fully saturated rings. The highest BCUT2D eigenvalue weighted by Crippen LogP contribution is 2.19. The predicted molar refractivity (Wildman–Crippen MR) is 79.1 cm³/mol. The molecule has 0 aromatic carbocycles. The number of carbonyl (C=O) groups is 1. The van der Waals surface area contributed by atoms with Crippen LogP contribution < -0.4 is 5.73 Å². The van der Waals surface area contributed by atoms with Crippen LogP contribution in [0.25, 0.3) is 5.69 Å². The summed E-state index contributed by atoms with van der Waals surface area (Å²) in [7, 11) is 0. The zero-order chi connectivity index (χ0) is 14.7. The number of piperidine rings is 1. The van der Waals surface area contributed by atoms with Crippen LogP contribution in [0.4, 0.5) is 0 Å². The summed E-state index contributed by atoms with van der Waals surface area (Å²) >= 11 is 0. The lowest BCUT2D eigenvalue weighted by atomic mass is 10.0. The molecule has 1 atom stereocenters. The highest BCUT2D eigenvalue weighted by Gasteiger charge is 2.27. The van der Waals surface area contributed by atoms with Gasteiger partial charge in [0.05, 0.1) is 5.69 Å². The van der Waals surface area contributed by atoms with Crippen molar-refractivity contribution in [2.75, 3.05) is 13.1 Å². The summed E-state index contributed by atoms with van der Waals surface area (Å²) in [4.78, 5) is 18.7. The first kappa shape index (κ1) is 13.8. The monoisotopic (exact) mass is 285 g/mol. The fourth-order valence-electron chi connectivity index (χ4n) is 2.76. The molecule has 2 N–H and O–H groups in total. The number of aromatic nitrogens is 3. The molecule has 0 aliphatic carbocycles. The largest absolute Gasteiger partial charge is 0.333 e. The van der Waals surface area contributed by atoms with Gasteiger partial charge in [-0.15, -0.1) is 0 Å². The summed E-state index contributed by atoms with van der Waals surface area (Å²) in [5, 5.41) is 4.17. The molecule has 1 aliphatic rings. The number of rotatable bonds is 3. The van der Waals surface area contributed by atoms with Gasteiger partial charge in [0.2, 0.25) is 0 Å². The van der Waals surface area contributed by atoms with E-state index < -0.39 is 0 Å². The quantitative estimate of drug-likeness (QED) is 0.920. The Balaban J connectivity index is 1.86. The van der Waals surface area contributed by atoms with Gasteiger partial charge in [-0.3, -0.25) is 9.78 Å². The van der Waals surface area contributed by atoms with Crippen molar-refractivity contribution in [2.45, 2.75) is 25.3 Å². The van der Waals surface area contributed by atoms with Gasteiger partial charge in [0.1, 0.15) is 5.69 Å². The lowest BCUT2D eigenvalue weighted by molar-refractivity contribution is 0.0617. The van der Waals surface area contributed by atoms with Crippen LogP contribution in [0.1, 0.15) is 29.8 Å². The smallest absolute Gasteiger partial charge is 0.272 e. The van der Waals surface area contributed by atoms with Crippen molar-refractivity contribution in [3.8, 4) is 5.69 Å². The summed E-state index contributed by atoms with van der Waals surface area (Å²) < 4.78 is 1.72. The van der Waals surface area contributed by atoms with Crippen molar-refractivity contribution in [2.24, 2.45) is 5.73 Å². The predicted octanol–water partition coefficient (Wildman–Crippen LogP) is 1.22. The Bertz CT molecular complexity index is 610. The molecule has 6 nitrogen and oxygen atoms in total. The Hall–Kier alpha value is -2.21. The summed E-state index contributed by atoms with van der Waals surface area (Å²) in [5.41, 5.74) is 7.07. The molecule has 1 aliphatic heterocycles. The number of nitrogens with two attached hydrogens (primary N) is 1. The molecule has 1 unspecified atom stereocenters. The van der Waals surface area contributed by atoms with Crippen LogP contribution in [0.15, 0.2) is 36.8 Å². The Morgan fingerprint density at radius 3 is 3.05 bits per heavy atom. The van der Waals surface area contributed by atoms with Gasteiger partial charge in [0, 0.05) is 37.7 Å². The van der Waals surface area contributed by atoms with E-state index >= 15 is 0 Å². The maximum absolute atomic E-state index is 12.7. The van der Waals surface area contributed by atoms with E-state index in [0.717, 1.165) is 31.5 Å². The van der Waals surface area contributed by atoms with Gasteiger partial charge in [-0.1, -0.05) is 0 Å². The molecule has 0 bridgehead atoms. The van der Waals surface area contributed by atoms with Crippen LogP contribution in [0.5, 0.6) is 0 Å². The van der Waals surface area contributed by atoms with E-state index in [1.165, 1.54) is 0 Å². The number of carbonyl (C=O) groups excluding carboxylic acids is 1. The highest BCUT2D eigenvalue weighted by atomic mass is 16.2. The molecule has 0 spiro atoms. The third-order valence-corrected chi connectivity index (χ3v) is 3.89. The fraction of sp³-hybridized carbons (Fsp3) is 0.400. The molecule has 2 aromatic rings. The average molecular weight is 285 g/mol. The van der Waals surface area contributed by atoms with E-state index in [-0.39, 0.29) is 11.9 Å². The minimum atomic E-state index is -0.0424. The van der Waals surface area contributed by atoms with Crippen LogP contribution in [0.3, 0.4) is 0 Å². The van der Waals surface area contributed by atoms with Gasteiger partial charge in [0.25, 0.3) is 5.91 Å². The Morgan fingerprint density at radius 1 is 1.38 bits per heavy atom. The van der Waals surface area contributed by atoms with E-state index in [9.17, 15) is 4.79 Å². The second-order valence-electron chi connectivity index (χ2n) is 5.23.